The van der Waals surface area contributed by atoms with E-state index in [9.17, 15) is 4.39 Å². The molecule has 0 aliphatic heterocycles. The van der Waals surface area contributed by atoms with E-state index < -0.39 is 5.82 Å². The Morgan fingerprint density at radius 1 is 1.11 bits per heavy atom. The Balaban J connectivity index is 2.07. The van der Waals surface area contributed by atoms with Crippen LogP contribution in [0.15, 0.2) is 42.5 Å². The summed E-state index contributed by atoms with van der Waals surface area (Å²) in [6.07, 6.45) is 0. The van der Waals surface area contributed by atoms with Crippen LogP contribution in [0.4, 0.5) is 10.1 Å². The number of hydrogen-bond acceptors (Lipinski definition) is 4. The summed E-state index contributed by atoms with van der Waals surface area (Å²) in [6, 6.07) is 12.0. The van der Waals surface area contributed by atoms with E-state index in [1.54, 1.807) is 12.1 Å². The Bertz CT molecular complexity index is 691. The summed E-state index contributed by atoms with van der Waals surface area (Å²) in [7, 11) is 0. The Labute approximate surface area is 107 Å². The first kappa shape index (κ1) is 11.0. The molecule has 0 amide bonds. The fourth-order valence-corrected chi connectivity index (χ4v) is 2.40. The maximum Gasteiger partial charge on any atom is 0.208 e. The van der Waals surface area contributed by atoms with Crippen molar-refractivity contribution in [3.63, 3.8) is 0 Å². The van der Waals surface area contributed by atoms with Crippen molar-refractivity contribution in [2.24, 2.45) is 0 Å². The number of nitrogens with two attached hydrogens (primary N) is 1. The highest BCUT2D eigenvalue weighted by Crippen LogP contribution is 2.37. The Morgan fingerprint density at radius 2 is 1.94 bits per heavy atom. The minimum Gasteiger partial charge on any atom is -0.439 e. The summed E-state index contributed by atoms with van der Waals surface area (Å²) in [4.78, 5) is 0. The second-order valence-electron chi connectivity index (χ2n) is 3.75. The van der Waals surface area contributed by atoms with E-state index in [1.807, 2.05) is 24.3 Å². The van der Waals surface area contributed by atoms with Gasteiger partial charge >= 0.3 is 0 Å². The normalized spacial score (nSPS) is 10.7. The zero-order valence-electron chi connectivity index (χ0n) is 9.26. The number of ether oxygens (including phenoxy) is 1. The molecule has 0 saturated carbocycles. The number of hydrogen-bond donors (Lipinski definition) is 1. The van der Waals surface area contributed by atoms with Crippen LogP contribution in [0, 0.1) is 5.82 Å². The highest BCUT2D eigenvalue weighted by atomic mass is 32.1. The predicted octanol–water partition coefficient (Wildman–Crippen LogP) is 3.81. The molecule has 0 spiro atoms. The average Bonchev–Trinajstić information content (AvgIpc) is 2.77. The van der Waals surface area contributed by atoms with Gasteiger partial charge in [-0.3, -0.25) is 0 Å². The van der Waals surface area contributed by atoms with Crippen molar-refractivity contribution in [2.45, 2.75) is 0 Å². The van der Waals surface area contributed by atoms with E-state index >= 15 is 0 Å². The van der Waals surface area contributed by atoms with Crippen molar-refractivity contribution < 1.29 is 9.13 Å². The third kappa shape index (κ3) is 1.78. The summed E-state index contributed by atoms with van der Waals surface area (Å²) < 4.78 is 23.4. The number of nitrogens with zero attached hydrogens (tertiary/aromatic N) is 1. The van der Waals surface area contributed by atoms with Gasteiger partial charge in [0.15, 0.2) is 11.6 Å². The molecule has 0 fully saturated rings. The lowest BCUT2D eigenvalue weighted by atomic mass is 10.2. The van der Waals surface area contributed by atoms with Crippen molar-refractivity contribution in [1.29, 1.82) is 0 Å². The van der Waals surface area contributed by atoms with Crippen LogP contribution in [0.1, 0.15) is 0 Å². The summed E-state index contributed by atoms with van der Waals surface area (Å²) in [6.45, 7) is 0. The molecule has 0 aliphatic carbocycles. The molecule has 0 radical (unpaired) electrons. The minimum absolute atomic E-state index is 0.0481. The summed E-state index contributed by atoms with van der Waals surface area (Å²) in [5.41, 5.74) is 6.80. The zero-order valence-corrected chi connectivity index (χ0v) is 10.1. The molecule has 0 bridgehead atoms. The van der Waals surface area contributed by atoms with Gasteiger partial charge in [-0.2, -0.15) is 4.37 Å². The van der Waals surface area contributed by atoms with E-state index in [-0.39, 0.29) is 11.4 Å². The van der Waals surface area contributed by atoms with Crippen LogP contribution in [0.3, 0.4) is 0 Å². The first-order valence-electron chi connectivity index (χ1n) is 5.32. The van der Waals surface area contributed by atoms with Crippen LogP contribution in [0.2, 0.25) is 0 Å². The van der Waals surface area contributed by atoms with Crippen LogP contribution in [-0.2, 0) is 0 Å². The van der Waals surface area contributed by atoms with Crippen LogP contribution >= 0.6 is 11.5 Å². The third-order valence-electron chi connectivity index (χ3n) is 2.54. The van der Waals surface area contributed by atoms with Gasteiger partial charge in [0.05, 0.1) is 16.6 Å². The van der Waals surface area contributed by atoms with Crippen LogP contribution < -0.4 is 10.5 Å². The van der Waals surface area contributed by atoms with Gasteiger partial charge in [0.1, 0.15) is 0 Å². The fraction of sp³-hybridized carbons (Fsp3) is 0. The molecule has 90 valence electrons. The number of rotatable bonds is 2. The summed E-state index contributed by atoms with van der Waals surface area (Å²) >= 11 is 1.18. The number of benzene rings is 2. The van der Waals surface area contributed by atoms with Crippen LogP contribution in [0.25, 0.3) is 10.9 Å². The molecule has 1 aromatic heterocycles. The maximum atomic E-state index is 13.6. The van der Waals surface area contributed by atoms with E-state index in [2.05, 4.69) is 4.37 Å². The molecule has 18 heavy (non-hydrogen) atoms. The monoisotopic (exact) mass is 260 g/mol. The molecule has 2 N–H and O–H groups in total. The van der Waals surface area contributed by atoms with E-state index in [4.69, 9.17) is 10.5 Å². The van der Waals surface area contributed by atoms with Gasteiger partial charge in [-0.15, -0.1) is 0 Å². The number of anilines is 1. The number of aromatic nitrogens is 1. The summed E-state index contributed by atoms with van der Waals surface area (Å²) in [5, 5.41) is 1.40. The molecule has 5 heteroatoms. The zero-order chi connectivity index (χ0) is 12.5. The van der Waals surface area contributed by atoms with Gasteiger partial charge in [0.2, 0.25) is 5.06 Å². The molecular formula is C13H9FN2OS. The number of halogens is 1. The van der Waals surface area contributed by atoms with E-state index in [0.29, 0.717) is 5.06 Å². The van der Waals surface area contributed by atoms with Crippen molar-refractivity contribution in [3.05, 3.63) is 48.3 Å². The largest absolute Gasteiger partial charge is 0.439 e. The van der Waals surface area contributed by atoms with E-state index in [1.165, 1.54) is 17.6 Å². The lowest BCUT2D eigenvalue weighted by Gasteiger charge is -2.07. The quantitative estimate of drug-likeness (QED) is 0.713. The molecule has 2 aromatic carbocycles. The minimum atomic E-state index is -0.479. The van der Waals surface area contributed by atoms with Gasteiger partial charge < -0.3 is 10.5 Å². The molecule has 0 aliphatic rings. The second-order valence-corrected chi connectivity index (χ2v) is 4.48. The molecular weight excluding hydrogens is 251 g/mol. The van der Waals surface area contributed by atoms with Gasteiger partial charge in [-0.05, 0) is 24.3 Å². The molecule has 3 nitrogen and oxygen atoms in total. The Hall–Kier alpha value is -2.14. The Kier molecular flexibility index (Phi) is 2.60. The Morgan fingerprint density at radius 3 is 2.78 bits per heavy atom. The second kappa shape index (κ2) is 4.27. The van der Waals surface area contributed by atoms with Crippen LogP contribution in [0.5, 0.6) is 10.8 Å². The van der Waals surface area contributed by atoms with Crippen molar-refractivity contribution in [2.75, 3.05) is 5.73 Å². The number of nitrogen functional groups attached to an aromatic ring is 1. The average molecular weight is 260 g/mol. The van der Waals surface area contributed by atoms with Crippen LogP contribution in [-0.4, -0.2) is 4.37 Å². The predicted molar refractivity (Wildman–Crippen MR) is 70.5 cm³/mol. The molecule has 0 unspecified atom stereocenters. The summed E-state index contributed by atoms with van der Waals surface area (Å²) in [5.74, 6) is -0.431. The van der Waals surface area contributed by atoms with E-state index in [0.717, 1.165) is 10.9 Å². The molecule has 3 rings (SSSR count). The lowest BCUT2D eigenvalue weighted by Crippen LogP contribution is -1.93. The van der Waals surface area contributed by atoms with Crippen molar-refractivity contribution in [1.82, 2.24) is 4.37 Å². The highest BCUT2D eigenvalue weighted by Gasteiger charge is 2.12. The van der Waals surface area contributed by atoms with Gasteiger partial charge in [-0.1, -0.05) is 18.2 Å². The topological polar surface area (TPSA) is 48.1 Å². The number of para-hydroxylation sites is 1. The van der Waals surface area contributed by atoms with Gasteiger partial charge in [0.25, 0.3) is 0 Å². The molecule has 0 atom stereocenters. The first-order valence-corrected chi connectivity index (χ1v) is 6.09. The van der Waals surface area contributed by atoms with Crippen molar-refractivity contribution in [3.8, 4) is 10.8 Å². The third-order valence-corrected chi connectivity index (χ3v) is 3.30. The molecule has 1 heterocycles. The van der Waals surface area contributed by atoms with Crippen molar-refractivity contribution >= 4 is 28.1 Å². The fourth-order valence-electron chi connectivity index (χ4n) is 1.67. The lowest BCUT2D eigenvalue weighted by molar-refractivity contribution is 0.458. The van der Waals surface area contributed by atoms with Gasteiger partial charge in [-0.25, -0.2) is 4.39 Å². The first-order chi connectivity index (χ1) is 8.75. The SMILES string of the molecule is Nc1cccc(F)c1Oc1snc2ccccc12. The molecule has 0 saturated heterocycles. The maximum absolute atomic E-state index is 13.6. The molecule has 3 aromatic rings. The smallest absolute Gasteiger partial charge is 0.208 e. The highest BCUT2D eigenvalue weighted by molar-refractivity contribution is 7.09. The standard InChI is InChI=1S/C13H9FN2OS/c14-9-5-3-6-10(15)12(9)17-13-8-4-1-2-7-11(8)16-18-13/h1-7H,15H2. The van der Waals surface area contributed by atoms with Gasteiger partial charge in [0, 0.05) is 11.5 Å². The number of fused-ring (bicyclic) bond motifs is 1.